The van der Waals surface area contributed by atoms with Crippen molar-refractivity contribution in [2.45, 2.75) is 62.7 Å². The lowest BCUT2D eigenvalue weighted by Gasteiger charge is -2.21. The highest BCUT2D eigenvalue weighted by Gasteiger charge is 2.54. The Labute approximate surface area is 196 Å². The monoisotopic (exact) mass is 476 g/mol. The predicted octanol–water partition coefficient (Wildman–Crippen LogP) is 1.96. The Kier molecular flexibility index (Phi) is 7.80. The van der Waals surface area contributed by atoms with E-state index in [1.807, 2.05) is 51.1 Å². The molecule has 2 aromatic rings. The molecule has 2 heterocycles. The number of thioether (sulfide) groups is 1. The van der Waals surface area contributed by atoms with Crippen LogP contribution in [0, 0.1) is 6.92 Å². The molecule has 0 spiro atoms. The molecule has 178 valence electrons. The minimum absolute atomic E-state index is 0.226. The number of rotatable bonds is 9. The largest absolute Gasteiger partial charge is 0.477 e. The van der Waals surface area contributed by atoms with Gasteiger partial charge in [-0.15, -0.1) is 0 Å². The van der Waals surface area contributed by atoms with Crippen LogP contribution in [0.25, 0.3) is 11.3 Å². The van der Waals surface area contributed by atoms with E-state index in [9.17, 15) is 19.5 Å². The van der Waals surface area contributed by atoms with Crippen molar-refractivity contribution in [2.24, 2.45) is 0 Å². The number of carboxylic acids is 1. The number of nitrogens with two attached hydrogens (primary N) is 1. The normalized spacial score (nSPS) is 20.2. The van der Waals surface area contributed by atoms with Crippen molar-refractivity contribution >= 4 is 29.6 Å². The number of carbonyl (C=O) groups excluding carboxylic acids is 2. The maximum absolute atomic E-state index is 13.3. The third-order valence-corrected chi connectivity index (χ3v) is 7.15. The van der Waals surface area contributed by atoms with Crippen LogP contribution < -0.4 is 10.6 Å². The standard InChI is InChI=1S/C23H29N3O6S/c1-5-6-12-31-22(30)17(20-25-18(21(28)29)23(3,4)33-20)24-19(27)15-13(2)32-26-16(15)14-10-8-7-9-11-14/h7-11,17-18,20,25H,5-6,12H2,1-4H3,(H,24,27)(H,28,29)/p+1/t17-,18-,20+/m0/s1. The zero-order valence-electron chi connectivity index (χ0n) is 19.2. The fourth-order valence-corrected chi connectivity index (χ4v) is 5.35. The van der Waals surface area contributed by atoms with E-state index in [1.54, 1.807) is 12.2 Å². The van der Waals surface area contributed by atoms with Gasteiger partial charge in [0.25, 0.3) is 5.91 Å². The lowest BCUT2D eigenvalue weighted by atomic mass is 10.0. The van der Waals surface area contributed by atoms with Gasteiger partial charge in [-0.1, -0.05) is 60.6 Å². The van der Waals surface area contributed by atoms with E-state index in [4.69, 9.17) is 9.26 Å². The average Bonchev–Trinajstić information content (AvgIpc) is 3.31. The first-order valence-corrected chi connectivity index (χ1v) is 11.8. The summed E-state index contributed by atoms with van der Waals surface area (Å²) < 4.78 is 10.0. The third-order valence-electron chi connectivity index (χ3n) is 5.59. The number of ether oxygens (including phenoxy) is 1. The quantitative estimate of drug-likeness (QED) is 0.369. The maximum atomic E-state index is 13.3. The number of hydrogen-bond acceptors (Lipinski definition) is 7. The van der Waals surface area contributed by atoms with E-state index < -0.39 is 40.1 Å². The van der Waals surface area contributed by atoms with Gasteiger partial charge in [-0.2, -0.15) is 0 Å². The molecule has 1 saturated heterocycles. The van der Waals surface area contributed by atoms with Gasteiger partial charge in [0.15, 0.2) is 17.5 Å². The van der Waals surface area contributed by atoms with Gasteiger partial charge in [0, 0.05) is 5.56 Å². The van der Waals surface area contributed by atoms with Gasteiger partial charge in [0.1, 0.15) is 17.0 Å². The number of esters is 1. The minimum Gasteiger partial charge on any atom is -0.477 e. The Morgan fingerprint density at radius 1 is 1.30 bits per heavy atom. The van der Waals surface area contributed by atoms with Crippen LogP contribution in [-0.2, 0) is 14.3 Å². The first kappa shape index (κ1) is 24.8. The molecule has 0 saturated carbocycles. The molecule has 0 aliphatic carbocycles. The third kappa shape index (κ3) is 5.56. The highest BCUT2D eigenvalue weighted by atomic mass is 32.2. The molecule has 0 unspecified atom stereocenters. The van der Waals surface area contributed by atoms with Gasteiger partial charge in [-0.3, -0.25) is 4.79 Å². The molecule has 1 aliphatic heterocycles. The molecule has 0 bridgehead atoms. The van der Waals surface area contributed by atoms with Crippen molar-refractivity contribution in [3.63, 3.8) is 0 Å². The van der Waals surface area contributed by atoms with Gasteiger partial charge < -0.3 is 25.0 Å². The number of aryl methyl sites for hydroxylation is 1. The number of benzene rings is 1. The van der Waals surface area contributed by atoms with Crippen LogP contribution in [0.2, 0.25) is 0 Å². The molecule has 1 amide bonds. The molecule has 9 nitrogen and oxygen atoms in total. The SMILES string of the molecule is CCCCOC(=O)[C@@H](NC(=O)c1c(-c2ccccc2)noc1C)[C@@H]1[NH2+][C@@H](C(=O)O)C(C)(C)S1. The predicted molar refractivity (Wildman–Crippen MR) is 123 cm³/mol. The Morgan fingerprint density at radius 3 is 2.61 bits per heavy atom. The topological polar surface area (TPSA) is 135 Å². The fourth-order valence-electron chi connectivity index (χ4n) is 3.77. The fraction of sp³-hybridized carbons (Fsp3) is 0.478. The number of amides is 1. The van der Waals surface area contributed by atoms with Gasteiger partial charge in [0.2, 0.25) is 0 Å². The van der Waals surface area contributed by atoms with Crippen LogP contribution in [0.15, 0.2) is 34.9 Å². The number of hydrogen-bond donors (Lipinski definition) is 3. The highest BCUT2D eigenvalue weighted by molar-refractivity contribution is 8.01. The second-order valence-electron chi connectivity index (χ2n) is 8.49. The number of nitrogens with zero attached hydrogens (tertiary/aromatic N) is 1. The van der Waals surface area contributed by atoms with Gasteiger partial charge in [-0.25, -0.2) is 9.59 Å². The summed E-state index contributed by atoms with van der Waals surface area (Å²) in [6.07, 6.45) is 1.54. The van der Waals surface area contributed by atoms with E-state index in [2.05, 4.69) is 10.5 Å². The molecule has 33 heavy (non-hydrogen) atoms. The lowest BCUT2D eigenvalue weighted by Crippen LogP contribution is -2.97. The van der Waals surface area contributed by atoms with Crippen molar-refractivity contribution in [1.29, 1.82) is 0 Å². The van der Waals surface area contributed by atoms with E-state index in [0.717, 1.165) is 6.42 Å². The summed E-state index contributed by atoms with van der Waals surface area (Å²) in [5.41, 5.74) is 1.30. The van der Waals surface area contributed by atoms with Crippen molar-refractivity contribution in [1.82, 2.24) is 10.5 Å². The van der Waals surface area contributed by atoms with Crippen LogP contribution in [-0.4, -0.2) is 56.9 Å². The molecule has 1 aliphatic rings. The summed E-state index contributed by atoms with van der Waals surface area (Å²) >= 11 is 1.33. The highest BCUT2D eigenvalue weighted by Crippen LogP contribution is 2.35. The number of aliphatic carboxylic acids is 1. The summed E-state index contributed by atoms with van der Waals surface area (Å²) in [7, 11) is 0. The van der Waals surface area contributed by atoms with Crippen LogP contribution in [0.4, 0.5) is 0 Å². The Balaban J connectivity index is 1.88. The van der Waals surface area contributed by atoms with Crippen LogP contribution in [0.1, 0.15) is 49.7 Å². The van der Waals surface area contributed by atoms with Crippen molar-refractivity contribution in [3.05, 3.63) is 41.7 Å². The van der Waals surface area contributed by atoms with Crippen LogP contribution >= 0.6 is 11.8 Å². The molecule has 1 aromatic heterocycles. The number of aromatic nitrogens is 1. The average molecular weight is 477 g/mol. The zero-order valence-corrected chi connectivity index (χ0v) is 20.0. The summed E-state index contributed by atoms with van der Waals surface area (Å²) in [4.78, 5) is 38.1. The summed E-state index contributed by atoms with van der Waals surface area (Å²) in [5.74, 6) is -1.78. The molecule has 3 rings (SSSR count). The molecule has 4 N–H and O–H groups in total. The van der Waals surface area contributed by atoms with Gasteiger partial charge in [-0.05, 0) is 27.2 Å². The summed E-state index contributed by atoms with van der Waals surface area (Å²) in [6.45, 7) is 7.46. The second kappa shape index (κ2) is 10.4. The Bertz CT molecular complexity index is 1010. The van der Waals surface area contributed by atoms with Gasteiger partial charge in [0.05, 0.1) is 11.4 Å². The number of carbonyl (C=O) groups is 3. The Hall–Kier alpha value is -2.85. The van der Waals surface area contributed by atoms with E-state index >= 15 is 0 Å². The molecular weight excluding hydrogens is 446 g/mol. The Morgan fingerprint density at radius 2 is 2.00 bits per heavy atom. The molecule has 1 aromatic carbocycles. The second-order valence-corrected chi connectivity index (χ2v) is 10.3. The number of quaternary nitrogens is 1. The maximum Gasteiger partial charge on any atom is 0.363 e. The minimum atomic E-state index is -1.05. The van der Waals surface area contributed by atoms with Crippen LogP contribution in [0.3, 0.4) is 0 Å². The smallest absolute Gasteiger partial charge is 0.363 e. The van der Waals surface area contributed by atoms with E-state index in [-0.39, 0.29) is 12.2 Å². The number of nitrogens with one attached hydrogen (secondary N) is 1. The summed E-state index contributed by atoms with van der Waals surface area (Å²) in [5, 5.41) is 17.5. The van der Waals surface area contributed by atoms with Gasteiger partial charge >= 0.3 is 11.9 Å². The number of unbranched alkanes of at least 4 members (excludes halogenated alkanes) is 1. The first-order chi connectivity index (χ1) is 15.7. The molecular formula is C23H30N3O6S+. The van der Waals surface area contributed by atoms with Crippen molar-refractivity contribution in [2.75, 3.05) is 6.61 Å². The van der Waals surface area contributed by atoms with E-state index in [1.165, 1.54) is 11.8 Å². The van der Waals surface area contributed by atoms with E-state index in [0.29, 0.717) is 23.4 Å². The van der Waals surface area contributed by atoms with Crippen molar-refractivity contribution < 1.29 is 34.1 Å². The summed E-state index contributed by atoms with van der Waals surface area (Å²) in [6, 6.07) is 7.30. The molecule has 1 fully saturated rings. The van der Waals surface area contributed by atoms with Crippen molar-refractivity contribution in [3.8, 4) is 11.3 Å². The molecule has 0 radical (unpaired) electrons. The molecule has 10 heteroatoms. The zero-order chi connectivity index (χ0) is 24.2. The first-order valence-electron chi connectivity index (χ1n) is 10.9. The lowest BCUT2D eigenvalue weighted by molar-refractivity contribution is -0.685. The van der Waals surface area contributed by atoms with Crippen LogP contribution in [0.5, 0.6) is 0 Å². The molecule has 3 atom stereocenters. The number of carboxylic acid groups (broad SMARTS) is 1.